The molecule has 1 heterocycles. The molecule has 1 aliphatic heterocycles. The zero-order chi connectivity index (χ0) is 17.9. The molecule has 9 nitrogen and oxygen atoms in total. The Labute approximate surface area is 185 Å². The molecule has 25 heavy (non-hydrogen) atoms. The van der Waals surface area contributed by atoms with E-state index in [0.29, 0.717) is 5.56 Å². The summed E-state index contributed by atoms with van der Waals surface area (Å²) in [6.45, 7) is -0.665. The molecule has 5 N–H and O–H groups in total. The normalized spacial score (nSPS) is 29.6. The van der Waals surface area contributed by atoms with E-state index in [-0.39, 0.29) is 57.1 Å². The van der Waals surface area contributed by atoms with Gasteiger partial charge in [0.2, 0.25) is 12.0 Å². The van der Waals surface area contributed by atoms with Crippen LogP contribution in [-0.2, 0) is 14.3 Å². The van der Waals surface area contributed by atoms with E-state index in [1.165, 1.54) is 24.3 Å². The van der Waals surface area contributed by atoms with Crippen molar-refractivity contribution in [3.63, 3.8) is 0 Å². The molecule has 0 saturated carbocycles. The monoisotopic (exact) mass is 380 g/mol. The van der Waals surface area contributed by atoms with E-state index in [1.54, 1.807) is 0 Å². The van der Waals surface area contributed by atoms with E-state index in [9.17, 15) is 30.3 Å². The van der Waals surface area contributed by atoms with Crippen molar-refractivity contribution in [2.45, 2.75) is 30.7 Å². The quantitative estimate of drug-likeness (QED) is 0.191. The van der Waals surface area contributed by atoms with Gasteiger partial charge in [-0.15, -0.1) is 5.75 Å². The predicted molar refractivity (Wildman–Crippen MR) is 76.4 cm³/mol. The molecule has 1 aliphatic rings. The van der Waals surface area contributed by atoms with Crippen molar-refractivity contribution in [1.82, 2.24) is 0 Å². The Hall–Kier alpha value is -0.534. The molecular formula is C15H17KO9. The summed E-state index contributed by atoms with van der Waals surface area (Å²) in [5.74, 6) is -2.34. The first-order valence-electron chi connectivity index (χ1n) is 7.02. The van der Waals surface area contributed by atoms with Gasteiger partial charge in [0.1, 0.15) is 24.4 Å². The Morgan fingerprint density at radius 2 is 1.76 bits per heavy atom. The number of aliphatic hydroxyl groups is 4. The van der Waals surface area contributed by atoms with Gasteiger partial charge in [0.25, 0.3) is 0 Å². The van der Waals surface area contributed by atoms with Gasteiger partial charge < -0.3 is 40.1 Å². The number of hydrogen-bond acceptors (Lipinski definition) is 8. The number of aliphatic hydroxyl groups excluding tert-OH is 4. The molecule has 0 aromatic heterocycles. The number of carboxylic acids is 1. The summed E-state index contributed by atoms with van der Waals surface area (Å²) in [6.07, 6.45) is -6.72. The van der Waals surface area contributed by atoms with E-state index < -0.39 is 49.0 Å². The molecule has 1 saturated heterocycles. The van der Waals surface area contributed by atoms with E-state index in [4.69, 9.17) is 14.6 Å². The second kappa shape index (κ2) is 9.97. The largest absolute Gasteiger partial charge is 1.00 e. The van der Waals surface area contributed by atoms with E-state index >= 15 is 0 Å². The van der Waals surface area contributed by atoms with Crippen LogP contribution >= 0.6 is 0 Å². The summed E-state index contributed by atoms with van der Waals surface area (Å²) in [5.41, 5.74) is 0.358. The van der Waals surface area contributed by atoms with Gasteiger partial charge in [-0.25, -0.2) is 4.79 Å². The Morgan fingerprint density at radius 1 is 1.16 bits per heavy atom. The maximum Gasteiger partial charge on any atom is 1.00 e. The number of aliphatic carboxylic acids is 1. The van der Waals surface area contributed by atoms with E-state index in [0.717, 1.165) is 6.08 Å². The van der Waals surface area contributed by atoms with Crippen LogP contribution in [0.5, 0.6) is 5.75 Å². The third kappa shape index (κ3) is 5.72. The third-order valence-corrected chi connectivity index (χ3v) is 3.48. The number of carboxylic acid groups (broad SMARTS) is 1. The minimum absolute atomic E-state index is 0. The Kier molecular flexibility index (Phi) is 8.98. The molecular weight excluding hydrogens is 363 g/mol. The van der Waals surface area contributed by atoms with Gasteiger partial charge in [-0.1, -0.05) is 24.3 Å². The molecule has 0 bridgehead atoms. The van der Waals surface area contributed by atoms with Crippen LogP contribution in [0.3, 0.4) is 0 Å². The van der Waals surface area contributed by atoms with Crippen molar-refractivity contribution in [3.8, 4) is 5.75 Å². The zero-order valence-corrected chi connectivity index (χ0v) is 16.5. The first kappa shape index (κ1) is 22.5. The fraction of sp³-hybridized carbons (Fsp3) is 0.400. The molecule has 10 heteroatoms. The molecule has 1 aromatic carbocycles. The predicted octanol–water partition coefficient (Wildman–Crippen LogP) is -4.99. The summed E-state index contributed by atoms with van der Waals surface area (Å²) in [4.78, 5) is 11.3. The van der Waals surface area contributed by atoms with Crippen LogP contribution in [0, 0.1) is 0 Å². The van der Waals surface area contributed by atoms with Crippen LogP contribution in [0.2, 0.25) is 0 Å². The average Bonchev–Trinajstić information content (AvgIpc) is 2.56. The van der Waals surface area contributed by atoms with Gasteiger partial charge in [0.05, 0.1) is 6.61 Å². The van der Waals surface area contributed by atoms with Gasteiger partial charge in [-0.3, -0.25) is 0 Å². The molecule has 2 rings (SSSR count). The maximum absolute atomic E-state index is 11.3. The molecule has 5 atom stereocenters. The summed E-state index contributed by atoms with van der Waals surface area (Å²) in [6, 6.07) is 5.22. The van der Waals surface area contributed by atoms with Crippen molar-refractivity contribution in [2.24, 2.45) is 0 Å². The first-order chi connectivity index (χ1) is 11.3. The second-order valence-corrected chi connectivity index (χ2v) is 5.20. The van der Waals surface area contributed by atoms with Crippen LogP contribution < -0.4 is 56.5 Å². The number of carbonyl (C=O) groups is 1. The van der Waals surface area contributed by atoms with Crippen LogP contribution in [0.25, 0.3) is 6.08 Å². The van der Waals surface area contributed by atoms with Crippen LogP contribution in [0.1, 0.15) is 5.56 Å². The molecule has 132 valence electrons. The molecule has 1 fully saturated rings. The van der Waals surface area contributed by atoms with Gasteiger partial charge in [-0.05, 0) is 11.6 Å². The van der Waals surface area contributed by atoms with Crippen molar-refractivity contribution < 1.29 is 96.3 Å². The van der Waals surface area contributed by atoms with Gasteiger partial charge >= 0.3 is 57.4 Å². The molecule has 0 amide bonds. The van der Waals surface area contributed by atoms with Crippen molar-refractivity contribution in [2.75, 3.05) is 6.61 Å². The molecule has 0 aliphatic carbocycles. The first-order valence-corrected chi connectivity index (χ1v) is 7.02. The smallest absolute Gasteiger partial charge is 0.872 e. The van der Waals surface area contributed by atoms with Crippen LogP contribution in [-0.4, -0.2) is 68.8 Å². The molecule has 0 spiro atoms. The summed E-state index contributed by atoms with van der Waals surface area (Å²) >= 11 is 0. The summed E-state index contributed by atoms with van der Waals surface area (Å²) in [5, 5.41) is 58.5. The van der Waals surface area contributed by atoms with E-state index in [1.807, 2.05) is 0 Å². The Morgan fingerprint density at radius 3 is 2.28 bits per heavy atom. The van der Waals surface area contributed by atoms with Gasteiger partial charge in [-0.2, -0.15) is 0 Å². The Balaban J connectivity index is 0.00000312. The number of ether oxygens (including phenoxy) is 2. The van der Waals surface area contributed by atoms with Crippen LogP contribution in [0.15, 0.2) is 30.0 Å². The average molecular weight is 380 g/mol. The molecule has 1 aromatic rings. The molecule has 0 unspecified atom stereocenters. The fourth-order valence-electron chi connectivity index (χ4n) is 2.15. The van der Waals surface area contributed by atoms with Crippen molar-refractivity contribution in [3.05, 3.63) is 35.6 Å². The molecule has 0 radical (unpaired) electrons. The summed E-state index contributed by atoms with van der Waals surface area (Å²) < 4.78 is 10.2. The maximum atomic E-state index is 11.3. The van der Waals surface area contributed by atoms with Gasteiger partial charge in [0, 0.05) is 0 Å². The standard InChI is InChI=1S/C15H18O9.K/c16-6-10-11(18)12(19)13(20)15(24-10)23-9(14(21)22)5-7-1-3-8(17)4-2-7;/h1-5,10-13,15-20H,6H2,(H,21,22);/q;+1/p-1/b9-5-;/t10-,11-,12+,13-,15+;/m0./s1. The topological polar surface area (TPSA) is 160 Å². The van der Waals surface area contributed by atoms with E-state index in [2.05, 4.69) is 0 Å². The van der Waals surface area contributed by atoms with Gasteiger partial charge in [0.15, 0.2) is 0 Å². The number of hydrogen-bond donors (Lipinski definition) is 5. The number of benzene rings is 1. The zero-order valence-electron chi connectivity index (χ0n) is 13.3. The SMILES string of the molecule is O=C(O)/C(=C/c1ccc([O-])cc1)O[C@@H]1O[C@@H](CO)[C@H](O)[C@@H](O)[C@@H]1O.[K+]. The van der Waals surface area contributed by atoms with Crippen LogP contribution in [0.4, 0.5) is 0 Å². The van der Waals surface area contributed by atoms with Crippen molar-refractivity contribution in [1.29, 1.82) is 0 Å². The Bertz CT molecular complexity index is 602. The number of rotatable bonds is 5. The third-order valence-electron chi connectivity index (χ3n) is 3.48. The summed E-state index contributed by atoms with van der Waals surface area (Å²) in [7, 11) is 0. The minimum atomic E-state index is -1.73. The second-order valence-electron chi connectivity index (χ2n) is 5.20. The van der Waals surface area contributed by atoms with Crippen molar-refractivity contribution >= 4 is 12.0 Å². The fourth-order valence-corrected chi connectivity index (χ4v) is 2.15. The minimum Gasteiger partial charge on any atom is -0.872 e.